The smallest absolute Gasteiger partial charge is 0.490 e. The van der Waals surface area contributed by atoms with Crippen LogP contribution < -0.4 is 10.2 Å². The first kappa shape index (κ1) is 15.7. The lowest BCUT2D eigenvalue weighted by atomic mass is 9.79. The lowest BCUT2D eigenvalue weighted by Gasteiger charge is -2.32. The van der Waals surface area contributed by atoms with Gasteiger partial charge in [0.25, 0.3) is 0 Å². The normalized spacial score (nSPS) is 19.6. The molecule has 0 N–H and O–H groups in total. The van der Waals surface area contributed by atoms with Crippen LogP contribution in [-0.4, -0.2) is 30.4 Å². The molecule has 0 bridgehead atoms. The van der Waals surface area contributed by atoms with E-state index >= 15 is 0 Å². The maximum absolute atomic E-state index is 14.0. The van der Waals surface area contributed by atoms with Gasteiger partial charge in [-0.05, 0) is 45.3 Å². The number of rotatable bonds is 3. The summed E-state index contributed by atoms with van der Waals surface area (Å²) in [6.07, 6.45) is 0. The molecule has 0 spiro atoms. The molecule has 2 rings (SSSR count). The minimum absolute atomic E-state index is 0.162. The number of hydrogen-bond acceptors (Lipinski definition) is 5. The molecule has 0 aromatic heterocycles. The van der Waals surface area contributed by atoms with Crippen molar-refractivity contribution in [2.45, 2.75) is 38.9 Å². The molecule has 1 aliphatic rings. The van der Waals surface area contributed by atoms with Crippen LogP contribution in [0.1, 0.15) is 27.7 Å². The first-order valence-electron chi connectivity index (χ1n) is 6.46. The van der Waals surface area contributed by atoms with Crippen molar-refractivity contribution in [1.29, 1.82) is 0 Å². The van der Waals surface area contributed by atoms with Gasteiger partial charge in [-0.15, -0.1) is 0 Å². The predicted molar refractivity (Wildman–Crippen MR) is 75.3 cm³/mol. The first-order valence-corrected chi connectivity index (χ1v) is 6.46. The molecule has 0 radical (unpaired) electrons. The van der Waals surface area contributed by atoms with E-state index in [4.69, 9.17) is 14.0 Å². The fourth-order valence-electron chi connectivity index (χ4n) is 2.04. The topological polar surface area (TPSA) is 70.8 Å². The summed E-state index contributed by atoms with van der Waals surface area (Å²) in [6, 6.07) is 2.41. The lowest BCUT2D eigenvalue weighted by molar-refractivity contribution is -0.388. The Labute approximate surface area is 122 Å². The van der Waals surface area contributed by atoms with Gasteiger partial charge in [0.05, 0.1) is 23.2 Å². The monoisotopic (exact) mass is 297 g/mol. The third-order valence-corrected chi connectivity index (χ3v) is 3.98. The number of nitro benzene ring substituents is 1. The highest BCUT2D eigenvalue weighted by Crippen LogP contribution is 2.37. The SMILES string of the molecule is COc1cc(B2OC(C)(C)C(C)(C)O2)cc(F)c1[N+](=O)[O-]. The average molecular weight is 297 g/mol. The standard InChI is InChI=1S/C13H17BFNO5/c1-12(2)13(3,4)21-14(20-12)8-6-9(15)11(16(17)18)10(7-8)19-5/h6-7H,1-5H3. The summed E-state index contributed by atoms with van der Waals surface area (Å²) < 4.78 is 30.4. The minimum Gasteiger partial charge on any atom is -0.490 e. The number of halogens is 1. The van der Waals surface area contributed by atoms with Gasteiger partial charge in [-0.25, -0.2) is 0 Å². The molecule has 0 unspecified atom stereocenters. The Morgan fingerprint density at radius 3 is 2.19 bits per heavy atom. The summed E-state index contributed by atoms with van der Waals surface area (Å²) in [5.74, 6) is -1.14. The van der Waals surface area contributed by atoms with E-state index in [0.717, 1.165) is 6.07 Å². The van der Waals surface area contributed by atoms with Crippen LogP contribution in [0.5, 0.6) is 5.75 Å². The zero-order valence-electron chi connectivity index (χ0n) is 12.6. The molecule has 1 aromatic rings. The number of nitrogens with zero attached hydrogens (tertiary/aromatic N) is 1. The average Bonchev–Trinajstić information content (AvgIpc) is 2.56. The van der Waals surface area contributed by atoms with E-state index in [1.54, 1.807) is 0 Å². The zero-order valence-corrected chi connectivity index (χ0v) is 12.6. The fraction of sp³-hybridized carbons (Fsp3) is 0.538. The number of nitro groups is 1. The van der Waals surface area contributed by atoms with Crippen LogP contribution in [-0.2, 0) is 9.31 Å². The van der Waals surface area contributed by atoms with Crippen molar-refractivity contribution in [2.24, 2.45) is 0 Å². The highest BCUT2D eigenvalue weighted by Gasteiger charge is 2.52. The van der Waals surface area contributed by atoms with Crippen molar-refractivity contribution in [2.75, 3.05) is 7.11 Å². The van der Waals surface area contributed by atoms with E-state index < -0.39 is 34.7 Å². The van der Waals surface area contributed by atoms with E-state index in [2.05, 4.69) is 0 Å². The molecule has 21 heavy (non-hydrogen) atoms. The molecular weight excluding hydrogens is 280 g/mol. The largest absolute Gasteiger partial charge is 0.495 e. The van der Waals surface area contributed by atoms with Crippen LogP contribution in [0.4, 0.5) is 10.1 Å². The maximum Gasteiger partial charge on any atom is 0.495 e. The molecule has 1 aromatic carbocycles. The number of hydrogen-bond donors (Lipinski definition) is 0. The van der Waals surface area contributed by atoms with Gasteiger partial charge in [-0.2, -0.15) is 4.39 Å². The van der Waals surface area contributed by atoms with Crippen LogP contribution in [0.3, 0.4) is 0 Å². The van der Waals surface area contributed by atoms with Crippen LogP contribution in [0.15, 0.2) is 12.1 Å². The summed E-state index contributed by atoms with van der Waals surface area (Å²) in [5, 5.41) is 10.9. The first-order chi connectivity index (χ1) is 9.59. The number of methoxy groups -OCH3 is 1. The van der Waals surface area contributed by atoms with Crippen LogP contribution in [0.25, 0.3) is 0 Å². The minimum atomic E-state index is -0.982. The Balaban J connectivity index is 2.44. The van der Waals surface area contributed by atoms with Crippen LogP contribution >= 0.6 is 0 Å². The fourth-order valence-corrected chi connectivity index (χ4v) is 2.04. The highest BCUT2D eigenvalue weighted by atomic mass is 19.1. The van der Waals surface area contributed by atoms with Crippen LogP contribution in [0, 0.1) is 15.9 Å². The van der Waals surface area contributed by atoms with Gasteiger partial charge in [0, 0.05) is 0 Å². The van der Waals surface area contributed by atoms with Gasteiger partial charge in [-0.1, -0.05) is 0 Å². The second kappa shape index (κ2) is 4.96. The van der Waals surface area contributed by atoms with Crippen LogP contribution in [0.2, 0.25) is 0 Å². The Kier molecular flexibility index (Phi) is 3.71. The molecule has 0 aliphatic carbocycles. The van der Waals surface area contributed by atoms with Crippen molar-refractivity contribution in [3.63, 3.8) is 0 Å². The molecule has 8 heteroatoms. The van der Waals surface area contributed by atoms with E-state index in [-0.39, 0.29) is 5.75 Å². The Morgan fingerprint density at radius 2 is 1.76 bits per heavy atom. The van der Waals surface area contributed by atoms with Gasteiger partial charge in [0.1, 0.15) is 0 Å². The maximum atomic E-state index is 14.0. The van der Waals surface area contributed by atoms with Gasteiger partial charge in [0.2, 0.25) is 5.82 Å². The Bertz CT molecular complexity index is 574. The van der Waals surface area contributed by atoms with E-state index in [0.29, 0.717) is 5.46 Å². The van der Waals surface area contributed by atoms with E-state index in [1.807, 2.05) is 27.7 Å². The molecular formula is C13H17BFNO5. The highest BCUT2D eigenvalue weighted by molar-refractivity contribution is 6.62. The van der Waals surface area contributed by atoms with Crippen molar-refractivity contribution in [3.8, 4) is 5.75 Å². The van der Waals surface area contributed by atoms with E-state index in [1.165, 1.54) is 13.2 Å². The number of benzene rings is 1. The van der Waals surface area contributed by atoms with Crippen molar-refractivity contribution in [3.05, 3.63) is 28.1 Å². The molecule has 6 nitrogen and oxygen atoms in total. The summed E-state index contributed by atoms with van der Waals surface area (Å²) >= 11 is 0. The second-order valence-corrected chi connectivity index (χ2v) is 5.90. The molecule has 0 amide bonds. The third-order valence-electron chi connectivity index (χ3n) is 3.98. The molecule has 114 valence electrons. The molecule has 1 fully saturated rings. The molecule has 1 aliphatic heterocycles. The van der Waals surface area contributed by atoms with Crippen molar-refractivity contribution < 1.29 is 23.4 Å². The van der Waals surface area contributed by atoms with Gasteiger partial charge >= 0.3 is 12.8 Å². The summed E-state index contributed by atoms with van der Waals surface area (Å²) in [4.78, 5) is 10.0. The third kappa shape index (κ3) is 2.61. The van der Waals surface area contributed by atoms with Crippen molar-refractivity contribution in [1.82, 2.24) is 0 Å². The predicted octanol–water partition coefficient (Wildman–Crippen LogP) is 2.04. The molecule has 1 heterocycles. The summed E-state index contributed by atoms with van der Waals surface area (Å²) in [7, 11) is 0.440. The number of ether oxygens (including phenoxy) is 1. The molecule has 1 saturated heterocycles. The van der Waals surface area contributed by atoms with Gasteiger partial charge in [0.15, 0.2) is 5.75 Å². The quantitative estimate of drug-likeness (QED) is 0.485. The summed E-state index contributed by atoms with van der Waals surface area (Å²) in [5.41, 5.74) is -1.52. The lowest BCUT2D eigenvalue weighted by Crippen LogP contribution is -2.41. The molecule has 0 saturated carbocycles. The molecule has 0 atom stereocenters. The van der Waals surface area contributed by atoms with Gasteiger partial charge in [-0.3, -0.25) is 10.1 Å². The van der Waals surface area contributed by atoms with E-state index in [9.17, 15) is 14.5 Å². The second-order valence-electron chi connectivity index (χ2n) is 5.90. The Morgan fingerprint density at radius 1 is 1.24 bits per heavy atom. The zero-order chi connectivity index (χ0) is 16.0. The van der Waals surface area contributed by atoms with Crippen molar-refractivity contribution >= 4 is 18.3 Å². The Hall–Kier alpha value is -1.67. The van der Waals surface area contributed by atoms with Gasteiger partial charge < -0.3 is 14.0 Å². The summed E-state index contributed by atoms with van der Waals surface area (Å²) in [6.45, 7) is 7.47.